The first-order valence-corrected chi connectivity index (χ1v) is 5.43. The first-order chi connectivity index (χ1) is 7.56. The average molecular weight is 228 g/mol. The summed E-state index contributed by atoms with van der Waals surface area (Å²) in [4.78, 5) is 21.6. The number of hydrogen-bond donors (Lipinski definition) is 3. The van der Waals surface area contributed by atoms with Crippen LogP contribution in [0.25, 0.3) is 0 Å². The van der Waals surface area contributed by atoms with E-state index in [1.807, 2.05) is 19.1 Å². The molecule has 0 aromatic heterocycles. The molecule has 0 rings (SSSR count). The van der Waals surface area contributed by atoms with Crippen LogP contribution in [0.1, 0.15) is 33.1 Å². The highest BCUT2D eigenvalue weighted by Crippen LogP contribution is 1.95. The highest BCUT2D eigenvalue weighted by Gasteiger charge is 2.07. The Hall–Kier alpha value is -1.52. The number of carboxylic acids is 1. The lowest BCUT2D eigenvalue weighted by molar-refractivity contribution is -0.137. The van der Waals surface area contributed by atoms with E-state index in [0.717, 1.165) is 6.42 Å². The Morgan fingerprint density at radius 2 is 2.12 bits per heavy atom. The fraction of sp³-hybridized carbons (Fsp3) is 0.636. The average Bonchev–Trinajstić information content (AvgIpc) is 2.21. The number of carboxylic acid groups (broad SMARTS) is 1. The summed E-state index contributed by atoms with van der Waals surface area (Å²) in [6.45, 7) is 4.30. The summed E-state index contributed by atoms with van der Waals surface area (Å²) >= 11 is 0. The number of aliphatic carboxylic acids is 1. The molecule has 0 aliphatic heterocycles. The van der Waals surface area contributed by atoms with Gasteiger partial charge in [-0.2, -0.15) is 0 Å². The van der Waals surface area contributed by atoms with Gasteiger partial charge in [-0.05, 0) is 26.7 Å². The summed E-state index contributed by atoms with van der Waals surface area (Å²) in [6.07, 6.45) is 5.20. The molecule has 0 aliphatic rings. The third kappa shape index (κ3) is 9.05. The predicted molar refractivity (Wildman–Crippen MR) is 62.3 cm³/mol. The van der Waals surface area contributed by atoms with Crippen molar-refractivity contribution in [3.8, 4) is 0 Å². The number of rotatable bonds is 7. The van der Waals surface area contributed by atoms with Crippen LogP contribution in [0.5, 0.6) is 0 Å². The molecule has 3 N–H and O–H groups in total. The zero-order valence-electron chi connectivity index (χ0n) is 9.82. The molecule has 0 aromatic carbocycles. The predicted octanol–water partition coefficient (Wildman–Crippen LogP) is 1.51. The van der Waals surface area contributed by atoms with Crippen molar-refractivity contribution >= 4 is 12.0 Å². The fourth-order valence-electron chi connectivity index (χ4n) is 1.12. The maximum absolute atomic E-state index is 11.3. The third-order valence-electron chi connectivity index (χ3n) is 2.00. The van der Waals surface area contributed by atoms with E-state index in [4.69, 9.17) is 5.11 Å². The minimum absolute atomic E-state index is 0.0695. The molecular formula is C11H20N2O3. The van der Waals surface area contributed by atoms with E-state index in [1.54, 1.807) is 6.92 Å². The molecule has 0 spiro atoms. The normalized spacial score (nSPS) is 12.4. The maximum atomic E-state index is 11.3. The second kappa shape index (κ2) is 8.76. The number of urea groups is 1. The largest absolute Gasteiger partial charge is 0.481 e. The summed E-state index contributed by atoms with van der Waals surface area (Å²) in [6, 6.07) is -0.375. The molecule has 2 amide bonds. The smallest absolute Gasteiger partial charge is 0.315 e. The van der Waals surface area contributed by atoms with Crippen LogP contribution in [-0.2, 0) is 4.79 Å². The highest BCUT2D eigenvalue weighted by atomic mass is 16.4. The lowest BCUT2D eigenvalue weighted by Gasteiger charge is -2.13. The Kier molecular flexibility index (Phi) is 7.93. The molecule has 0 radical (unpaired) electrons. The van der Waals surface area contributed by atoms with Crippen molar-refractivity contribution < 1.29 is 14.7 Å². The van der Waals surface area contributed by atoms with Gasteiger partial charge in [0.15, 0.2) is 0 Å². The molecule has 5 heteroatoms. The zero-order valence-corrected chi connectivity index (χ0v) is 9.82. The first-order valence-electron chi connectivity index (χ1n) is 5.43. The molecule has 0 heterocycles. The minimum Gasteiger partial charge on any atom is -0.481 e. The molecule has 0 aliphatic carbocycles. The van der Waals surface area contributed by atoms with Gasteiger partial charge in [-0.25, -0.2) is 4.79 Å². The Bertz CT molecular complexity index is 252. The SMILES string of the molecule is C/C=C/CCNC(=O)NC(C)CCC(=O)O. The van der Waals surface area contributed by atoms with Crippen LogP contribution >= 0.6 is 0 Å². The monoisotopic (exact) mass is 228 g/mol. The molecule has 0 bridgehead atoms. The zero-order chi connectivity index (χ0) is 12.4. The highest BCUT2D eigenvalue weighted by molar-refractivity contribution is 5.74. The molecular weight excluding hydrogens is 208 g/mol. The van der Waals surface area contributed by atoms with E-state index >= 15 is 0 Å². The van der Waals surface area contributed by atoms with Gasteiger partial charge in [0.05, 0.1) is 0 Å². The van der Waals surface area contributed by atoms with Gasteiger partial charge in [-0.3, -0.25) is 4.79 Å². The summed E-state index contributed by atoms with van der Waals surface area (Å²) in [5.74, 6) is -0.845. The first kappa shape index (κ1) is 14.5. The maximum Gasteiger partial charge on any atom is 0.315 e. The molecule has 16 heavy (non-hydrogen) atoms. The van der Waals surface area contributed by atoms with Crippen LogP contribution in [-0.4, -0.2) is 29.7 Å². The summed E-state index contributed by atoms with van der Waals surface area (Å²) in [5, 5.41) is 13.8. The second-order valence-corrected chi connectivity index (χ2v) is 3.59. The standard InChI is InChI=1S/C11H20N2O3/c1-3-4-5-8-12-11(16)13-9(2)6-7-10(14)15/h3-4,9H,5-8H2,1-2H3,(H,14,15)(H2,12,13,16)/b4-3+. The third-order valence-corrected chi connectivity index (χ3v) is 2.00. The van der Waals surface area contributed by atoms with Crippen LogP contribution in [0.2, 0.25) is 0 Å². The van der Waals surface area contributed by atoms with Gasteiger partial charge in [-0.1, -0.05) is 12.2 Å². The second-order valence-electron chi connectivity index (χ2n) is 3.59. The van der Waals surface area contributed by atoms with Gasteiger partial charge in [0.1, 0.15) is 0 Å². The lowest BCUT2D eigenvalue weighted by Crippen LogP contribution is -2.41. The van der Waals surface area contributed by atoms with Crippen molar-refractivity contribution in [3.63, 3.8) is 0 Å². The van der Waals surface area contributed by atoms with Crippen molar-refractivity contribution in [1.82, 2.24) is 10.6 Å². The molecule has 1 atom stereocenters. The number of carbonyl (C=O) groups is 2. The van der Waals surface area contributed by atoms with Crippen LogP contribution in [0, 0.1) is 0 Å². The van der Waals surface area contributed by atoms with E-state index in [0.29, 0.717) is 13.0 Å². The summed E-state index contributed by atoms with van der Waals surface area (Å²) in [5.41, 5.74) is 0. The molecule has 0 aromatic rings. The van der Waals surface area contributed by atoms with Crippen LogP contribution in [0.3, 0.4) is 0 Å². The molecule has 0 saturated carbocycles. The minimum atomic E-state index is -0.845. The fourth-order valence-corrected chi connectivity index (χ4v) is 1.12. The van der Waals surface area contributed by atoms with E-state index in [2.05, 4.69) is 10.6 Å². The van der Waals surface area contributed by atoms with Crippen molar-refractivity contribution in [1.29, 1.82) is 0 Å². The summed E-state index contributed by atoms with van der Waals surface area (Å²) < 4.78 is 0. The topological polar surface area (TPSA) is 78.4 Å². The van der Waals surface area contributed by atoms with E-state index in [9.17, 15) is 9.59 Å². The lowest BCUT2D eigenvalue weighted by atomic mass is 10.2. The van der Waals surface area contributed by atoms with Crippen molar-refractivity contribution in [3.05, 3.63) is 12.2 Å². The van der Waals surface area contributed by atoms with Crippen LogP contribution in [0.15, 0.2) is 12.2 Å². The Labute approximate surface area is 95.9 Å². The Balaban J connectivity index is 3.57. The van der Waals surface area contributed by atoms with Crippen molar-refractivity contribution in [2.24, 2.45) is 0 Å². The van der Waals surface area contributed by atoms with Gasteiger partial charge in [-0.15, -0.1) is 0 Å². The van der Waals surface area contributed by atoms with Gasteiger partial charge in [0, 0.05) is 19.0 Å². The van der Waals surface area contributed by atoms with Crippen LogP contribution in [0.4, 0.5) is 4.79 Å². The van der Waals surface area contributed by atoms with Crippen molar-refractivity contribution in [2.75, 3.05) is 6.54 Å². The molecule has 0 fully saturated rings. The van der Waals surface area contributed by atoms with Gasteiger partial charge in [0.2, 0.25) is 0 Å². The van der Waals surface area contributed by atoms with E-state index in [-0.39, 0.29) is 18.5 Å². The van der Waals surface area contributed by atoms with Crippen LogP contribution < -0.4 is 10.6 Å². The number of amides is 2. The molecule has 0 saturated heterocycles. The quantitative estimate of drug-likeness (QED) is 0.456. The van der Waals surface area contributed by atoms with Gasteiger partial charge in [0.25, 0.3) is 0 Å². The number of carbonyl (C=O) groups excluding carboxylic acids is 1. The van der Waals surface area contributed by atoms with Gasteiger partial charge >= 0.3 is 12.0 Å². The summed E-state index contributed by atoms with van der Waals surface area (Å²) in [7, 11) is 0. The molecule has 92 valence electrons. The van der Waals surface area contributed by atoms with E-state index in [1.165, 1.54) is 0 Å². The number of nitrogens with one attached hydrogen (secondary N) is 2. The Morgan fingerprint density at radius 3 is 2.69 bits per heavy atom. The van der Waals surface area contributed by atoms with Crippen molar-refractivity contribution in [2.45, 2.75) is 39.2 Å². The van der Waals surface area contributed by atoms with Gasteiger partial charge < -0.3 is 15.7 Å². The Morgan fingerprint density at radius 1 is 1.44 bits per heavy atom. The number of hydrogen-bond acceptors (Lipinski definition) is 2. The molecule has 1 unspecified atom stereocenters. The van der Waals surface area contributed by atoms with E-state index < -0.39 is 5.97 Å². The molecule has 5 nitrogen and oxygen atoms in total. The number of allylic oxidation sites excluding steroid dienone is 1.